The van der Waals surface area contributed by atoms with Crippen LogP contribution in [0.2, 0.25) is 0 Å². The maximum Gasteiger partial charge on any atom is 0.241 e. The molecule has 0 spiro atoms. The molecule has 1 unspecified atom stereocenters. The maximum atomic E-state index is 12.3. The van der Waals surface area contributed by atoms with E-state index in [4.69, 9.17) is 5.11 Å². The van der Waals surface area contributed by atoms with Crippen LogP contribution in [-0.2, 0) is 16.6 Å². The van der Waals surface area contributed by atoms with E-state index in [0.717, 1.165) is 6.42 Å². The van der Waals surface area contributed by atoms with Gasteiger partial charge in [-0.3, -0.25) is 0 Å². The van der Waals surface area contributed by atoms with Crippen LogP contribution >= 0.6 is 15.9 Å². The number of rotatable bonds is 8. The maximum absolute atomic E-state index is 12.3. The van der Waals surface area contributed by atoms with Crippen LogP contribution in [0.3, 0.4) is 0 Å². The van der Waals surface area contributed by atoms with Crippen LogP contribution in [0.5, 0.6) is 0 Å². The Morgan fingerprint density at radius 2 is 2.10 bits per heavy atom. The number of hydrogen-bond donors (Lipinski definition) is 2. The zero-order valence-electron chi connectivity index (χ0n) is 12.6. The number of benzene rings is 1. The number of nitrogens with one attached hydrogen (secondary N) is 1. The summed E-state index contributed by atoms with van der Waals surface area (Å²) in [6, 6.07) is 5.20. The number of aliphatic hydroxyl groups excluding tert-OH is 1. The fraction of sp³-hybridized carbons (Fsp3) is 0.571. The van der Waals surface area contributed by atoms with Crippen molar-refractivity contribution in [2.24, 2.45) is 0 Å². The van der Waals surface area contributed by atoms with E-state index in [-0.39, 0.29) is 11.5 Å². The smallest absolute Gasteiger partial charge is 0.241 e. The molecule has 0 bridgehead atoms. The summed E-state index contributed by atoms with van der Waals surface area (Å²) in [6.45, 7) is 5.01. The number of nitrogens with zero attached hydrogens (tertiary/aromatic N) is 1. The van der Waals surface area contributed by atoms with E-state index in [1.807, 2.05) is 7.05 Å². The zero-order chi connectivity index (χ0) is 16.0. The minimum Gasteiger partial charge on any atom is -0.392 e. The third-order valence-corrected chi connectivity index (χ3v) is 6.02. The first-order valence-corrected chi connectivity index (χ1v) is 9.18. The van der Waals surface area contributed by atoms with Crippen LogP contribution < -0.4 is 4.72 Å². The SMILES string of the molecule is CCC(C)N(C)CCNS(=O)(=O)c1cc(CO)ccc1Br. The van der Waals surface area contributed by atoms with Gasteiger partial charge in [-0.25, -0.2) is 13.1 Å². The van der Waals surface area contributed by atoms with Crippen molar-refractivity contribution in [2.45, 2.75) is 37.8 Å². The molecule has 2 N–H and O–H groups in total. The molecule has 0 aliphatic carbocycles. The molecular formula is C14H23BrN2O3S. The van der Waals surface area contributed by atoms with Gasteiger partial charge in [0.1, 0.15) is 0 Å². The van der Waals surface area contributed by atoms with Gasteiger partial charge in [-0.1, -0.05) is 13.0 Å². The molecule has 0 fully saturated rings. The predicted octanol–water partition coefficient (Wildman–Crippen LogP) is 1.95. The molecule has 21 heavy (non-hydrogen) atoms. The van der Waals surface area contributed by atoms with Gasteiger partial charge >= 0.3 is 0 Å². The van der Waals surface area contributed by atoms with E-state index >= 15 is 0 Å². The third kappa shape index (κ3) is 5.34. The Hall–Kier alpha value is -0.470. The van der Waals surface area contributed by atoms with Crippen molar-refractivity contribution >= 4 is 26.0 Å². The Morgan fingerprint density at radius 3 is 2.67 bits per heavy atom. The molecule has 0 aliphatic rings. The van der Waals surface area contributed by atoms with Gasteiger partial charge in [-0.2, -0.15) is 0 Å². The molecule has 1 aromatic rings. The zero-order valence-corrected chi connectivity index (χ0v) is 15.0. The monoisotopic (exact) mass is 378 g/mol. The Labute approximate surface area is 135 Å². The first-order chi connectivity index (χ1) is 9.81. The number of likely N-dealkylation sites (N-methyl/N-ethyl adjacent to an activating group) is 1. The lowest BCUT2D eigenvalue weighted by Gasteiger charge is -2.23. The molecule has 0 heterocycles. The topological polar surface area (TPSA) is 69.6 Å². The summed E-state index contributed by atoms with van der Waals surface area (Å²) in [5.74, 6) is 0. The van der Waals surface area contributed by atoms with E-state index in [1.165, 1.54) is 6.07 Å². The molecule has 0 saturated heterocycles. The summed E-state index contributed by atoms with van der Waals surface area (Å²) in [7, 11) is -1.61. The molecule has 0 amide bonds. The van der Waals surface area contributed by atoms with Crippen LogP contribution in [0.25, 0.3) is 0 Å². The standard InChI is InChI=1S/C14H23BrN2O3S/c1-4-11(2)17(3)8-7-16-21(19,20)14-9-12(10-18)5-6-13(14)15/h5-6,9,11,16,18H,4,7-8,10H2,1-3H3. The summed E-state index contributed by atoms with van der Waals surface area (Å²) in [5.41, 5.74) is 0.565. The van der Waals surface area contributed by atoms with Crippen LogP contribution in [0.15, 0.2) is 27.6 Å². The summed E-state index contributed by atoms with van der Waals surface area (Å²) in [4.78, 5) is 2.27. The fourth-order valence-corrected chi connectivity index (χ4v) is 3.85. The van der Waals surface area contributed by atoms with Gasteiger partial charge in [0.15, 0.2) is 0 Å². The highest BCUT2D eigenvalue weighted by Crippen LogP contribution is 2.23. The van der Waals surface area contributed by atoms with Gasteiger partial charge in [0.2, 0.25) is 10.0 Å². The van der Waals surface area contributed by atoms with Crippen molar-refractivity contribution in [3.05, 3.63) is 28.2 Å². The Balaban J connectivity index is 2.74. The van der Waals surface area contributed by atoms with Gasteiger partial charge in [-0.15, -0.1) is 0 Å². The van der Waals surface area contributed by atoms with Crippen LogP contribution in [-0.4, -0.2) is 44.6 Å². The number of aliphatic hydroxyl groups is 1. The highest BCUT2D eigenvalue weighted by Gasteiger charge is 2.18. The Morgan fingerprint density at radius 1 is 1.43 bits per heavy atom. The second kappa shape index (κ2) is 8.24. The Kier molecular flexibility index (Phi) is 7.29. The highest BCUT2D eigenvalue weighted by molar-refractivity contribution is 9.10. The molecule has 0 aliphatic heterocycles. The van der Waals surface area contributed by atoms with Crippen molar-refractivity contribution in [1.29, 1.82) is 0 Å². The summed E-state index contributed by atoms with van der Waals surface area (Å²) in [5, 5.41) is 9.12. The van der Waals surface area contributed by atoms with Gasteiger partial charge < -0.3 is 10.0 Å². The van der Waals surface area contributed by atoms with Crippen molar-refractivity contribution in [2.75, 3.05) is 20.1 Å². The fourth-order valence-electron chi connectivity index (χ4n) is 1.82. The molecule has 0 aromatic heterocycles. The van der Waals surface area contributed by atoms with Crippen molar-refractivity contribution in [3.8, 4) is 0 Å². The largest absolute Gasteiger partial charge is 0.392 e. The second-order valence-corrected chi connectivity index (χ2v) is 7.65. The minimum absolute atomic E-state index is 0.153. The molecule has 5 nitrogen and oxygen atoms in total. The summed E-state index contributed by atoms with van der Waals surface area (Å²) >= 11 is 3.24. The van der Waals surface area contributed by atoms with Gasteiger partial charge in [0, 0.05) is 23.6 Å². The molecule has 0 saturated carbocycles. The van der Waals surface area contributed by atoms with E-state index in [1.54, 1.807) is 12.1 Å². The molecular weight excluding hydrogens is 356 g/mol. The average Bonchev–Trinajstić information content (AvgIpc) is 2.46. The van der Waals surface area contributed by atoms with Gasteiger partial charge in [-0.05, 0) is 54.0 Å². The van der Waals surface area contributed by atoms with E-state index < -0.39 is 10.0 Å². The number of halogens is 1. The molecule has 1 atom stereocenters. The predicted molar refractivity (Wildman–Crippen MR) is 87.6 cm³/mol. The average molecular weight is 379 g/mol. The first-order valence-electron chi connectivity index (χ1n) is 6.91. The van der Waals surface area contributed by atoms with Crippen LogP contribution in [0.1, 0.15) is 25.8 Å². The molecule has 7 heteroatoms. The van der Waals surface area contributed by atoms with Gasteiger partial charge in [0.05, 0.1) is 11.5 Å². The second-order valence-electron chi connectivity index (χ2n) is 5.06. The highest BCUT2D eigenvalue weighted by atomic mass is 79.9. The van der Waals surface area contributed by atoms with E-state index in [9.17, 15) is 8.42 Å². The van der Waals surface area contributed by atoms with E-state index in [2.05, 4.69) is 39.4 Å². The quantitative estimate of drug-likeness (QED) is 0.725. The van der Waals surface area contributed by atoms with Crippen LogP contribution in [0, 0.1) is 0 Å². The minimum atomic E-state index is -3.59. The lowest BCUT2D eigenvalue weighted by molar-refractivity contribution is 0.256. The van der Waals surface area contributed by atoms with Crippen LogP contribution in [0.4, 0.5) is 0 Å². The third-order valence-electron chi connectivity index (χ3n) is 3.57. The lowest BCUT2D eigenvalue weighted by Crippen LogP contribution is -2.37. The van der Waals surface area contributed by atoms with Crippen molar-refractivity contribution < 1.29 is 13.5 Å². The lowest BCUT2D eigenvalue weighted by atomic mass is 10.2. The summed E-state index contributed by atoms with van der Waals surface area (Å²) < 4.78 is 27.7. The van der Waals surface area contributed by atoms with Crippen molar-refractivity contribution in [3.63, 3.8) is 0 Å². The molecule has 0 radical (unpaired) electrons. The normalized spacial score (nSPS) is 13.6. The number of hydrogen-bond acceptors (Lipinski definition) is 4. The van der Waals surface area contributed by atoms with E-state index in [0.29, 0.717) is 29.2 Å². The molecule has 1 aromatic carbocycles. The molecule has 120 valence electrons. The number of sulfonamides is 1. The van der Waals surface area contributed by atoms with Gasteiger partial charge in [0.25, 0.3) is 0 Å². The first kappa shape index (κ1) is 18.6. The van der Waals surface area contributed by atoms with Crippen molar-refractivity contribution in [1.82, 2.24) is 9.62 Å². The molecule has 1 rings (SSSR count). The summed E-state index contributed by atoms with van der Waals surface area (Å²) in [6.07, 6.45) is 1.02. The Bertz CT molecular complexity index is 563.